The average molecular weight is 704 g/mol. The highest BCUT2D eigenvalue weighted by Gasteiger charge is 2.24. The van der Waals surface area contributed by atoms with E-state index in [9.17, 15) is 0 Å². The smallest absolute Gasteiger partial charge is 0.143 e. The summed E-state index contributed by atoms with van der Waals surface area (Å²) in [5.74, 6) is 0. The number of benzene rings is 9. The van der Waals surface area contributed by atoms with Gasteiger partial charge in [0, 0.05) is 54.9 Å². The second-order valence-corrected chi connectivity index (χ2v) is 14.0. The zero-order chi connectivity index (χ0) is 36.3. The molecule has 11 aromatic rings. The molecule has 11 rings (SSSR count). The molecule has 0 atom stereocenters. The van der Waals surface area contributed by atoms with Crippen molar-refractivity contribution >= 4 is 71.7 Å². The fraction of sp³-hybridized carbons (Fsp3) is 0. The summed E-state index contributed by atoms with van der Waals surface area (Å²) in [4.78, 5) is 2.39. The zero-order valence-electron chi connectivity index (χ0n) is 29.8. The molecule has 55 heavy (non-hydrogen) atoms. The number of anilines is 3. The van der Waals surface area contributed by atoms with E-state index in [0.29, 0.717) is 0 Å². The summed E-state index contributed by atoms with van der Waals surface area (Å²) in [5, 5.41) is 6.71. The summed E-state index contributed by atoms with van der Waals surface area (Å²) in [6.07, 6.45) is 0. The number of nitrogens with zero attached hydrogens (tertiary/aromatic N) is 1. The quantitative estimate of drug-likeness (QED) is 0.173. The lowest BCUT2D eigenvalue weighted by Crippen LogP contribution is -2.12. The maximum absolute atomic E-state index is 6.90. The van der Waals surface area contributed by atoms with Gasteiger partial charge in [0.05, 0.1) is 11.4 Å². The van der Waals surface area contributed by atoms with Gasteiger partial charge >= 0.3 is 0 Å². The minimum Gasteiger partial charge on any atom is -0.455 e. The van der Waals surface area contributed by atoms with E-state index in [1.54, 1.807) is 0 Å². The lowest BCUT2D eigenvalue weighted by molar-refractivity contribution is 0.670. The van der Waals surface area contributed by atoms with E-state index < -0.39 is 0 Å². The molecule has 0 aliphatic carbocycles. The van der Waals surface area contributed by atoms with E-state index in [-0.39, 0.29) is 0 Å². The van der Waals surface area contributed by atoms with Gasteiger partial charge in [0.15, 0.2) is 0 Å². The predicted octanol–water partition coefficient (Wildman–Crippen LogP) is 15.1. The molecule has 0 unspecified atom stereocenters. The molecule has 0 saturated carbocycles. The number of rotatable bonds is 6. The van der Waals surface area contributed by atoms with E-state index in [1.165, 1.54) is 5.56 Å². The molecule has 0 saturated heterocycles. The lowest BCUT2D eigenvalue weighted by Gasteiger charge is -2.30. The van der Waals surface area contributed by atoms with Gasteiger partial charge in [-0.1, -0.05) is 164 Å². The third-order valence-electron chi connectivity index (χ3n) is 10.9. The second-order valence-electron chi connectivity index (χ2n) is 14.0. The molecule has 0 bridgehead atoms. The normalized spacial score (nSPS) is 11.6. The summed E-state index contributed by atoms with van der Waals surface area (Å²) in [6.45, 7) is 0. The Morgan fingerprint density at radius 2 is 0.800 bits per heavy atom. The van der Waals surface area contributed by atoms with Crippen molar-refractivity contribution < 1.29 is 8.83 Å². The van der Waals surface area contributed by atoms with Crippen LogP contribution >= 0.6 is 0 Å². The highest BCUT2D eigenvalue weighted by molar-refractivity contribution is 6.18. The minimum atomic E-state index is 0.876. The Labute approximate surface area is 317 Å². The maximum atomic E-state index is 6.90. The van der Waals surface area contributed by atoms with Crippen LogP contribution in [0.25, 0.3) is 88.0 Å². The highest BCUT2D eigenvalue weighted by Crippen LogP contribution is 2.48. The van der Waals surface area contributed by atoms with E-state index >= 15 is 0 Å². The third kappa shape index (κ3) is 5.05. The fourth-order valence-corrected chi connectivity index (χ4v) is 8.33. The molecular weight excluding hydrogens is 671 g/mol. The first kappa shape index (κ1) is 31.2. The van der Waals surface area contributed by atoms with E-state index in [4.69, 9.17) is 8.83 Å². The molecule has 3 heteroatoms. The number of para-hydroxylation sites is 5. The molecule has 2 aromatic heterocycles. The first-order chi connectivity index (χ1) is 27.3. The number of hydrogen-bond acceptors (Lipinski definition) is 3. The van der Waals surface area contributed by atoms with Crippen LogP contribution in [0.4, 0.5) is 17.1 Å². The second kappa shape index (κ2) is 12.6. The Balaban J connectivity index is 1.16. The Kier molecular flexibility index (Phi) is 7.17. The van der Waals surface area contributed by atoms with E-state index in [0.717, 1.165) is 99.5 Å². The highest BCUT2D eigenvalue weighted by atomic mass is 16.3. The van der Waals surface area contributed by atoms with Crippen molar-refractivity contribution in [2.75, 3.05) is 4.90 Å². The van der Waals surface area contributed by atoms with Gasteiger partial charge in [-0.05, 0) is 52.9 Å². The summed E-state index contributed by atoms with van der Waals surface area (Å²) in [5.41, 5.74) is 13.2. The molecule has 258 valence electrons. The van der Waals surface area contributed by atoms with Crippen LogP contribution in [0.3, 0.4) is 0 Å². The molecule has 0 aliphatic rings. The van der Waals surface area contributed by atoms with Gasteiger partial charge in [0.2, 0.25) is 0 Å². The third-order valence-corrected chi connectivity index (χ3v) is 10.9. The van der Waals surface area contributed by atoms with Gasteiger partial charge in [-0.2, -0.15) is 0 Å². The molecule has 9 aromatic carbocycles. The largest absolute Gasteiger partial charge is 0.455 e. The van der Waals surface area contributed by atoms with Crippen molar-refractivity contribution in [1.29, 1.82) is 0 Å². The van der Waals surface area contributed by atoms with Gasteiger partial charge in [0.1, 0.15) is 22.3 Å². The SMILES string of the molecule is c1ccc(-c2ccc(N(c3ccccc3-c3cccc4c3oc3ccccc34)c3ccccc3-c3cccc4c3oc3c5ccccc5ccc43)cc2)cc1. The van der Waals surface area contributed by atoms with Crippen molar-refractivity contribution in [3.63, 3.8) is 0 Å². The predicted molar refractivity (Wildman–Crippen MR) is 229 cm³/mol. The van der Waals surface area contributed by atoms with E-state index in [2.05, 4.69) is 193 Å². The Morgan fingerprint density at radius 1 is 0.291 bits per heavy atom. The molecule has 3 nitrogen and oxygen atoms in total. The van der Waals surface area contributed by atoms with Crippen molar-refractivity contribution in [2.45, 2.75) is 0 Å². The van der Waals surface area contributed by atoms with Crippen molar-refractivity contribution in [1.82, 2.24) is 0 Å². The van der Waals surface area contributed by atoms with Crippen LogP contribution < -0.4 is 4.90 Å². The molecule has 0 radical (unpaired) electrons. The number of furan rings is 2. The van der Waals surface area contributed by atoms with Crippen LogP contribution in [0.1, 0.15) is 0 Å². The van der Waals surface area contributed by atoms with Crippen molar-refractivity contribution in [3.05, 3.63) is 200 Å². The van der Waals surface area contributed by atoms with Gasteiger partial charge < -0.3 is 13.7 Å². The standard InChI is InChI=1S/C52H33NO2/c1-2-14-34(15-3-1)35-28-31-37(32-29-35)53(47-25-9-6-18-39(47)42-21-12-23-44-41-20-8-11-27-49(41)54-51(42)44)48-26-10-7-19-40(48)43-22-13-24-45-46-33-30-36-16-4-5-17-38(36)50(46)55-52(43)45/h1-33H. The Morgan fingerprint density at radius 3 is 1.53 bits per heavy atom. The molecule has 0 N–H and O–H groups in total. The van der Waals surface area contributed by atoms with E-state index in [1.807, 2.05) is 12.1 Å². The topological polar surface area (TPSA) is 29.5 Å². The van der Waals surface area contributed by atoms with Gasteiger partial charge in [-0.15, -0.1) is 0 Å². The Hall–Kier alpha value is -7.36. The molecule has 0 fully saturated rings. The molecule has 0 aliphatic heterocycles. The summed E-state index contributed by atoms with van der Waals surface area (Å²) < 4.78 is 13.5. The molecular formula is C52H33NO2. The first-order valence-electron chi connectivity index (χ1n) is 18.7. The van der Waals surface area contributed by atoms with Crippen LogP contribution in [-0.2, 0) is 0 Å². The molecule has 2 heterocycles. The van der Waals surface area contributed by atoms with Crippen LogP contribution in [0.15, 0.2) is 209 Å². The fourth-order valence-electron chi connectivity index (χ4n) is 8.33. The van der Waals surface area contributed by atoms with Gasteiger partial charge in [-0.3, -0.25) is 0 Å². The number of fused-ring (bicyclic) bond motifs is 8. The molecule has 0 spiro atoms. The zero-order valence-corrected chi connectivity index (χ0v) is 29.8. The summed E-state index contributed by atoms with van der Waals surface area (Å²) >= 11 is 0. The lowest BCUT2D eigenvalue weighted by atomic mass is 9.96. The van der Waals surface area contributed by atoms with Crippen LogP contribution in [0, 0.1) is 0 Å². The Bertz CT molecular complexity index is 3210. The van der Waals surface area contributed by atoms with Gasteiger partial charge in [-0.25, -0.2) is 0 Å². The van der Waals surface area contributed by atoms with Crippen LogP contribution in [0.5, 0.6) is 0 Å². The minimum absolute atomic E-state index is 0.876. The maximum Gasteiger partial charge on any atom is 0.143 e. The summed E-state index contributed by atoms with van der Waals surface area (Å²) in [7, 11) is 0. The van der Waals surface area contributed by atoms with Crippen LogP contribution in [0.2, 0.25) is 0 Å². The summed E-state index contributed by atoms with van der Waals surface area (Å²) in [6, 6.07) is 70.8. The molecule has 0 amide bonds. The van der Waals surface area contributed by atoms with Crippen LogP contribution in [-0.4, -0.2) is 0 Å². The average Bonchev–Trinajstić information content (AvgIpc) is 3.84. The number of hydrogen-bond donors (Lipinski definition) is 0. The monoisotopic (exact) mass is 703 g/mol. The van der Waals surface area contributed by atoms with Crippen molar-refractivity contribution in [2.24, 2.45) is 0 Å². The van der Waals surface area contributed by atoms with Crippen molar-refractivity contribution in [3.8, 4) is 33.4 Å². The van der Waals surface area contributed by atoms with Gasteiger partial charge in [0.25, 0.3) is 0 Å². The first-order valence-corrected chi connectivity index (χ1v) is 18.7.